The smallest absolute Gasteiger partial charge is 0.328 e. The summed E-state index contributed by atoms with van der Waals surface area (Å²) in [6, 6.07) is 5.71. The fourth-order valence-electron chi connectivity index (χ4n) is 2.35. The van der Waals surface area contributed by atoms with Crippen LogP contribution in [0, 0.1) is 0 Å². The molecule has 1 aliphatic rings. The van der Waals surface area contributed by atoms with Gasteiger partial charge in [-0.1, -0.05) is 23.7 Å². The molecule has 0 amide bonds. The molecular weight excluding hydrogens is 278 g/mol. The Morgan fingerprint density at radius 3 is 2.95 bits per heavy atom. The first-order valence-corrected chi connectivity index (χ1v) is 6.94. The number of hydrogen-bond donors (Lipinski definition) is 1. The number of carbonyl (C=O) groups is 1. The van der Waals surface area contributed by atoms with Crippen molar-refractivity contribution in [2.45, 2.75) is 26.0 Å². The molecule has 0 aromatic heterocycles. The van der Waals surface area contributed by atoms with Crippen LogP contribution in [0.4, 0.5) is 5.69 Å². The van der Waals surface area contributed by atoms with Gasteiger partial charge in [-0.25, -0.2) is 4.79 Å². The van der Waals surface area contributed by atoms with Gasteiger partial charge in [-0.2, -0.15) is 0 Å². The van der Waals surface area contributed by atoms with Gasteiger partial charge in [0, 0.05) is 18.7 Å². The Morgan fingerprint density at radius 1 is 1.50 bits per heavy atom. The van der Waals surface area contributed by atoms with E-state index in [9.17, 15) is 4.79 Å². The van der Waals surface area contributed by atoms with E-state index >= 15 is 0 Å². The number of anilines is 1. The lowest BCUT2D eigenvalue weighted by Crippen LogP contribution is -2.47. The van der Waals surface area contributed by atoms with Crippen molar-refractivity contribution >= 4 is 29.3 Å². The zero-order chi connectivity index (χ0) is 14.7. The van der Waals surface area contributed by atoms with Crippen molar-refractivity contribution in [1.82, 2.24) is 0 Å². The van der Waals surface area contributed by atoms with E-state index in [1.54, 1.807) is 6.08 Å². The summed E-state index contributed by atoms with van der Waals surface area (Å²) in [6.07, 6.45) is 2.83. The second-order valence-electron chi connectivity index (χ2n) is 4.99. The van der Waals surface area contributed by atoms with Gasteiger partial charge in [-0.15, -0.1) is 0 Å². The SMILES string of the molecule is CC1CN(c2c(Cl)cccc2/C=C/C(=O)O)C(C)CO1. The molecule has 1 aromatic rings. The topological polar surface area (TPSA) is 49.8 Å². The number of carboxylic acid groups (broad SMARTS) is 1. The number of rotatable bonds is 3. The predicted octanol–water partition coefficient (Wildman–Crippen LogP) is 3.05. The second kappa shape index (κ2) is 6.29. The molecule has 0 saturated carbocycles. The van der Waals surface area contributed by atoms with Gasteiger partial charge < -0.3 is 14.7 Å². The van der Waals surface area contributed by atoms with Gasteiger partial charge in [0.15, 0.2) is 0 Å². The minimum absolute atomic E-state index is 0.124. The molecule has 1 N–H and O–H groups in total. The molecule has 1 saturated heterocycles. The third-order valence-electron chi connectivity index (χ3n) is 3.32. The maximum absolute atomic E-state index is 10.7. The minimum Gasteiger partial charge on any atom is -0.478 e. The van der Waals surface area contributed by atoms with Crippen LogP contribution in [-0.4, -0.2) is 36.4 Å². The van der Waals surface area contributed by atoms with Crippen LogP contribution in [0.1, 0.15) is 19.4 Å². The van der Waals surface area contributed by atoms with Crippen LogP contribution in [0.2, 0.25) is 5.02 Å². The maximum Gasteiger partial charge on any atom is 0.328 e. The average Bonchev–Trinajstić information content (AvgIpc) is 2.39. The average molecular weight is 296 g/mol. The Balaban J connectivity index is 2.40. The van der Waals surface area contributed by atoms with Crippen LogP contribution in [0.25, 0.3) is 6.08 Å². The Labute approximate surface area is 123 Å². The molecule has 0 bridgehead atoms. The number of hydrogen-bond acceptors (Lipinski definition) is 3. The van der Waals surface area contributed by atoms with Gasteiger partial charge in [0.05, 0.1) is 23.4 Å². The summed E-state index contributed by atoms with van der Waals surface area (Å²) in [7, 11) is 0. The van der Waals surface area contributed by atoms with Crippen LogP contribution in [0.15, 0.2) is 24.3 Å². The molecule has 108 valence electrons. The molecule has 2 atom stereocenters. The lowest BCUT2D eigenvalue weighted by atomic mass is 10.1. The Morgan fingerprint density at radius 2 is 2.25 bits per heavy atom. The van der Waals surface area contributed by atoms with Crippen LogP contribution in [0.3, 0.4) is 0 Å². The molecule has 2 rings (SSSR count). The first-order valence-electron chi connectivity index (χ1n) is 6.57. The predicted molar refractivity (Wildman–Crippen MR) is 80.3 cm³/mol. The summed E-state index contributed by atoms with van der Waals surface area (Å²) in [6.45, 7) is 5.45. The second-order valence-corrected chi connectivity index (χ2v) is 5.40. The lowest BCUT2D eigenvalue weighted by Gasteiger charge is -2.39. The number of benzene rings is 1. The zero-order valence-electron chi connectivity index (χ0n) is 11.5. The van der Waals surface area contributed by atoms with E-state index in [2.05, 4.69) is 11.8 Å². The summed E-state index contributed by atoms with van der Waals surface area (Å²) in [5.41, 5.74) is 1.68. The van der Waals surface area contributed by atoms with Crippen molar-refractivity contribution in [3.05, 3.63) is 34.9 Å². The quantitative estimate of drug-likeness (QED) is 0.871. The van der Waals surface area contributed by atoms with Crippen molar-refractivity contribution in [2.75, 3.05) is 18.1 Å². The normalized spacial score (nSPS) is 23.2. The van der Waals surface area contributed by atoms with Crippen LogP contribution < -0.4 is 4.90 Å². The van der Waals surface area contributed by atoms with Crippen molar-refractivity contribution in [2.24, 2.45) is 0 Å². The molecule has 0 spiro atoms. The van der Waals surface area contributed by atoms with Crippen LogP contribution in [0.5, 0.6) is 0 Å². The highest BCUT2D eigenvalue weighted by Crippen LogP contribution is 2.33. The highest BCUT2D eigenvalue weighted by Gasteiger charge is 2.26. The van der Waals surface area contributed by atoms with Crippen LogP contribution >= 0.6 is 11.6 Å². The monoisotopic (exact) mass is 295 g/mol. The number of carboxylic acids is 1. The number of aliphatic carboxylic acids is 1. The summed E-state index contributed by atoms with van der Waals surface area (Å²) >= 11 is 6.33. The van der Waals surface area contributed by atoms with Gasteiger partial charge in [0.25, 0.3) is 0 Å². The van der Waals surface area contributed by atoms with Crippen molar-refractivity contribution < 1.29 is 14.6 Å². The molecule has 5 heteroatoms. The van der Waals surface area contributed by atoms with Gasteiger partial charge in [-0.3, -0.25) is 0 Å². The van der Waals surface area contributed by atoms with E-state index in [0.29, 0.717) is 11.6 Å². The van der Waals surface area contributed by atoms with E-state index in [1.165, 1.54) is 0 Å². The van der Waals surface area contributed by atoms with Gasteiger partial charge >= 0.3 is 5.97 Å². The van der Waals surface area contributed by atoms with Gasteiger partial charge in [0.2, 0.25) is 0 Å². The van der Waals surface area contributed by atoms with Crippen molar-refractivity contribution in [1.29, 1.82) is 0 Å². The molecule has 20 heavy (non-hydrogen) atoms. The maximum atomic E-state index is 10.7. The number of morpholine rings is 1. The summed E-state index contributed by atoms with van der Waals surface area (Å²) in [5, 5.41) is 9.41. The first kappa shape index (κ1) is 14.9. The molecule has 1 aliphatic heterocycles. The molecule has 4 nitrogen and oxygen atoms in total. The molecule has 2 unspecified atom stereocenters. The highest BCUT2D eigenvalue weighted by atomic mass is 35.5. The number of ether oxygens (including phenoxy) is 1. The Bertz CT molecular complexity index is 530. The van der Waals surface area contributed by atoms with Gasteiger partial charge in [-0.05, 0) is 31.6 Å². The number of para-hydroxylation sites is 1. The third-order valence-corrected chi connectivity index (χ3v) is 3.62. The summed E-state index contributed by atoms with van der Waals surface area (Å²) in [5.74, 6) is -0.973. The Kier molecular flexibility index (Phi) is 4.68. The van der Waals surface area contributed by atoms with E-state index in [1.807, 2.05) is 25.1 Å². The zero-order valence-corrected chi connectivity index (χ0v) is 12.3. The van der Waals surface area contributed by atoms with E-state index in [4.69, 9.17) is 21.4 Å². The fraction of sp³-hybridized carbons (Fsp3) is 0.400. The lowest BCUT2D eigenvalue weighted by molar-refractivity contribution is -0.131. The highest BCUT2D eigenvalue weighted by molar-refractivity contribution is 6.33. The largest absolute Gasteiger partial charge is 0.478 e. The van der Waals surface area contributed by atoms with Gasteiger partial charge in [0.1, 0.15) is 0 Å². The summed E-state index contributed by atoms with van der Waals surface area (Å²) < 4.78 is 5.62. The molecule has 1 fully saturated rings. The van der Waals surface area contributed by atoms with E-state index < -0.39 is 5.97 Å². The number of halogens is 1. The van der Waals surface area contributed by atoms with Crippen LogP contribution in [-0.2, 0) is 9.53 Å². The van der Waals surface area contributed by atoms with E-state index in [-0.39, 0.29) is 12.1 Å². The number of nitrogens with zero attached hydrogens (tertiary/aromatic N) is 1. The third kappa shape index (κ3) is 3.32. The molecule has 0 radical (unpaired) electrons. The minimum atomic E-state index is -0.973. The first-order chi connectivity index (χ1) is 9.49. The molecular formula is C15H18ClNO3. The molecule has 1 heterocycles. The van der Waals surface area contributed by atoms with Crippen molar-refractivity contribution in [3.8, 4) is 0 Å². The standard InChI is InChI=1S/C15H18ClNO3/c1-10-9-20-11(2)8-17(10)15-12(6-7-14(18)19)4-3-5-13(15)16/h3-7,10-11H,8-9H2,1-2H3,(H,18,19)/b7-6+. The van der Waals surface area contributed by atoms with E-state index in [0.717, 1.165) is 23.9 Å². The summed E-state index contributed by atoms with van der Waals surface area (Å²) in [4.78, 5) is 12.9. The van der Waals surface area contributed by atoms with Crippen molar-refractivity contribution in [3.63, 3.8) is 0 Å². The molecule has 0 aliphatic carbocycles. The Hall–Kier alpha value is -1.52. The fourth-order valence-corrected chi connectivity index (χ4v) is 2.64. The molecule has 1 aromatic carbocycles.